The molecule has 7 heteroatoms. The molecule has 0 saturated heterocycles. The van der Waals surface area contributed by atoms with E-state index in [4.69, 9.17) is 0 Å². The lowest BCUT2D eigenvalue weighted by Gasteiger charge is -2.29. The number of hydrogen-bond acceptors (Lipinski definition) is 5. The molecule has 0 unspecified atom stereocenters. The van der Waals surface area contributed by atoms with E-state index in [2.05, 4.69) is 5.32 Å². The summed E-state index contributed by atoms with van der Waals surface area (Å²) in [5.74, 6) is -0.715. The Hall–Kier alpha value is -2.67. The summed E-state index contributed by atoms with van der Waals surface area (Å²) < 4.78 is 0. The Labute approximate surface area is 177 Å². The molecule has 0 spiro atoms. The summed E-state index contributed by atoms with van der Waals surface area (Å²) in [5, 5.41) is 12.1. The van der Waals surface area contributed by atoms with Crippen LogP contribution in [-0.2, 0) is 14.4 Å². The van der Waals surface area contributed by atoms with Gasteiger partial charge in [0.1, 0.15) is 5.70 Å². The number of amides is 3. The minimum Gasteiger partial charge on any atom is -0.395 e. The topological polar surface area (TPSA) is 90.0 Å². The molecule has 162 valence electrons. The third-order valence-electron chi connectivity index (χ3n) is 5.84. The number of likely N-dealkylation sites (N-methyl/N-ethyl adjacent to an activating group) is 1. The molecule has 2 aliphatic rings. The van der Waals surface area contributed by atoms with Crippen molar-refractivity contribution in [3.05, 3.63) is 35.5 Å². The summed E-state index contributed by atoms with van der Waals surface area (Å²) in [7, 11) is 1.73. The Balaban J connectivity index is 1.96. The van der Waals surface area contributed by atoms with Crippen LogP contribution >= 0.6 is 0 Å². The highest BCUT2D eigenvalue weighted by atomic mass is 16.3. The van der Waals surface area contributed by atoms with Gasteiger partial charge >= 0.3 is 0 Å². The molecule has 1 aliphatic carbocycles. The fraction of sp³-hybridized carbons (Fsp3) is 0.522. The second-order valence-electron chi connectivity index (χ2n) is 8.11. The van der Waals surface area contributed by atoms with Crippen LogP contribution in [0.1, 0.15) is 57.4 Å². The van der Waals surface area contributed by atoms with E-state index >= 15 is 0 Å². The van der Waals surface area contributed by atoms with Crippen LogP contribution in [0.15, 0.2) is 30.0 Å². The molecule has 1 fully saturated rings. The number of benzene rings is 1. The molecular weight excluding hydrogens is 382 g/mol. The molecule has 0 aromatic heterocycles. The Bertz CT molecular complexity index is 823. The first-order valence-corrected chi connectivity index (χ1v) is 10.8. The van der Waals surface area contributed by atoms with Gasteiger partial charge < -0.3 is 15.3 Å². The zero-order valence-electron chi connectivity index (χ0n) is 17.8. The molecular formula is C23H31N3O4. The van der Waals surface area contributed by atoms with Crippen LogP contribution < -0.4 is 5.32 Å². The first kappa shape index (κ1) is 22.0. The SMILES string of the molecule is CC(=O)Nc1ccc(C2=C(N(C)CCO)C(=O)N(C3CCCCCCC3)C2=O)cc1. The van der Waals surface area contributed by atoms with Crippen molar-refractivity contribution < 1.29 is 19.5 Å². The van der Waals surface area contributed by atoms with Crippen LogP contribution in [0.3, 0.4) is 0 Å². The average Bonchev–Trinajstić information content (AvgIpc) is 2.93. The van der Waals surface area contributed by atoms with Crippen molar-refractivity contribution in [1.82, 2.24) is 9.80 Å². The van der Waals surface area contributed by atoms with Crippen LogP contribution in [0.2, 0.25) is 0 Å². The van der Waals surface area contributed by atoms with E-state index in [0.717, 1.165) is 38.5 Å². The van der Waals surface area contributed by atoms with Crippen molar-refractivity contribution in [3.8, 4) is 0 Å². The zero-order chi connectivity index (χ0) is 21.7. The number of nitrogens with one attached hydrogen (secondary N) is 1. The first-order valence-electron chi connectivity index (χ1n) is 10.8. The second kappa shape index (κ2) is 9.89. The van der Waals surface area contributed by atoms with Gasteiger partial charge in [-0.3, -0.25) is 19.3 Å². The molecule has 1 aromatic rings. The van der Waals surface area contributed by atoms with Crippen LogP contribution in [0.5, 0.6) is 0 Å². The Morgan fingerprint density at radius 2 is 1.67 bits per heavy atom. The van der Waals surface area contributed by atoms with E-state index in [1.165, 1.54) is 18.2 Å². The molecule has 2 N–H and O–H groups in total. The van der Waals surface area contributed by atoms with Gasteiger partial charge in [-0.2, -0.15) is 0 Å². The van der Waals surface area contributed by atoms with Crippen molar-refractivity contribution in [2.24, 2.45) is 0 Å². The molecule has 7 nitrogen and oxygen atoms in total. The van der Waals surface area contributed by atoms with Gasteiger partial charge in [-0.05, 0) is 30.5 Å². The van der Waals surface area contributed by atoms with Gasteiger partial charge in [0, 0.05) is 32.2 Å². The van der Waals surface area contributed by atoms with Gasteiger partial charge in [0.2, 0.25) is 5.91 Å². The highest BCUT2D eigenvalue weighted by Crippen LogP contribution is 2.35. The minimum absolute atomic E-state index is 0.0843. The molecule has 0 atom stereocenters. The molecule has 1 aliphatic heterocycles. The summed E-state index contributed by atoms with van der Waals surface area (Å²) in [6, 6.07) is 6.87. The second-order valence-corrected chi connectivity index (χ2v) is 8.11. The predicted octanol–water partition coefficient (Wildman–Crippen LogP) is 2.76. The van der Waals surface area contributed by atoms with Crippen molar-refractivity contribution >= 4 is 29.0 Å². The number of carbonyl (C=O) groups is 3. The van der Waals surface area contributed by atoms with Gasteiger partial charge in [0.25, 0.3) is 11.8 Å². The van der Waals surface area contributed by atoms with E-state index < -0.39 is 0 Å². The highest BCUT2D eigenvalue weighted by Gasteiger charge is 2.43. The van der Waals surface area contributed by atoms with Crippen molar-refractivity contribution in [2.75, 3.05) is 25.5 Å². The van der Waals surface area contributed by atoms with E-state index in [1.807, 2.05) is 0 Å². The summed E-state index contributed by atoms with van der Waals surface area (Å²) >= 11 is 0. The molecule has 1 saturated carbocycles. The van der Waals surface area contributed by atoms with Crippen molar-refractivity contribution in [3.63, 3.8) is 0 Å². The molecule has 1 heterocycles. The molecule has 3 amide bonds. The molecule has 0 radical (unpaired) electrons. The van der Waals surface area contributed by atoms with E-state index in [-0.39, 0.29) is 36.9 Å². The number of nitrogens with zero attached hydrogens (tertiary/aromatic N) is 2. The Morgan fingerprint density at radius 3 is 2.23 bits per heavy atom. The smallest absolute Gasteiger partial charge is 0.278 e. The number of aliphatic hydroxyl groups excluding tert-OH is 1. The molecule has 1 aromatic carbocycles. The maximum atomic E-state index is 13.5. The van der Waals surface area contributed by atoms with Crippen molar-refractivity contribution in [2.45, 2.75) is 57.9 Å². The minimum atomic E-state index is -0.275. The lowest BCUT2D eigenvalue weighted by atomic mass is 9.95. The number of carbonyl (C=O) groups excluding carboxylic acids is 3. The summed E-state index contributed by atoms with van der Waals surface area (Å²) in [4.78, 5) is 41.3. The maximum Gasteiger partial charge on any atom is 0.278 e. The van der Waals surface area contributed by atoms with Crippen molar-refractivity contribution in [1.29, 1.82) is 0 Å². The van der Waals surface area contributed by atoms with Gasteiger partial charge in [-0.15, -0.1) is 0 Å². The van der Waals surface area contributed by atoms with Gasteiger partial charge in [0.15, 0.2) is 0 Å². The van der Waals surface area contributed by atoms with E-state index in [0.29, 0.717) is 22.5 Å². The number of hydrogen-bond donors (Lipinski definition) is 2. The summed E-state index contributed by atoms with van der Waals surface area (Å²) in [6.07, 6.45) is 7.19. The Kier molecular flexibility index (Phi) is 7.26. The zero-order valence-corrected chi connectivity index (χ0v) is 17.8. The number of imide groups is 1. The fourth-order valence-electron chi connectivity index (χ4n) is 4.36. The maximum absolute atomic E-state index is 13.5. The summed E-state index contributed by atoms with van der Waals surface area (Å²) in [6.45, 7) is 1.59. The average molecular weight is 414 g/mol. The van der Waals surface area contributed by atoms with E-state index in [1.54, 1.807) is 36.2 Å². The standard InChI is InChI=1S/C23H31N3O4/c1-16(28)24-18-12-10-17(11-13-18)20-21(25(2)14-15-27)23(30)26(22(20)29)19-8-6-4-3-5-7-9-19/h10-13,19,27H,3-9,14-15H2,1-2H3,(H,24,28). The van der Waals surface area contributed by atoms with Gasteiger partial charge in [-0.1, -0.05) is 44.2 Å². The number of aliphatic hydroxyl groups is 1. The number of anilines is 1. The van der Waals surface area contributed by atoms with Gasteiger partial charge in [-0.25, -0.2) is 0 Å². The fourth-order valence-corrected chi connectivity index (χ4v) is 4.36. The highest BCUT2D eigenvalue weighted by molar-refractivity contribution is 6.35. The van der Waals surface area contributed by atoms with Crippen LogP contribution in [0.4, 0.5) is 5.69 Å². The third-order valence-corrected chi connectivity index (χ3v) is 5.84. The van der Waals surface area contributed by atoms with Crippen LogP contribution in [0.25, 0.3) is 5.57 Å². The Morgan fingerprint density at radius 1 is 1.07 bits per heavy atom. The van der Waals surface area contributed by atoms with Crippen LogP contribution in [-0.4, -0.2) is 58.9 Å². The van der Waals surface area contributed by atoms with E-state index in [9.17, 15) is 19.5 Å². The molecule has 0 bridgehead atoms. The largest absolute Gasteiger partial charge is 0.395 e. The third kappa shape index (κ3) is 4.73. The summed E-state index contributed by atoms with van der Waals surface area (Å²) in [5.41, 5.74) is 1.97. The molecule has 3 rings (SSSR count). The predicted molar refractivity (Wildman–Crippen MR) is 115 cm³/mol. The van der Waals surface area contributed by atoms with Crippen LogP contribution in [0, 0.1) is 0 Å². The van der Waals surface area contributed by atoms with Gasteiger partial charge in [0.05, 0.1) is 12.2 Å². The normalized spacial score (nSPS) is 18.4. The first-order chi connectivity index (χ1) is 14.4. The monoisotopic (exact) mass is 413 g/mol. The number of rotatable bonds is 6. The quantitative estimate of drug-likeness (QED) is 0.700. The lowest BCUT2D eigenvalue weighted by molar-refractivity contribution is -0.140. The lowest BCUT2D eigenvalue weighted by Crippen LogP contribution is -2.42. The molecule has 30 heavy (non-hydrogen) atoms.